The van der Waals surface area contributed by atoms with Crippen LogP contribution in [0.5, 0.6) is 0 Å². The molecule has 0 radical (unpaired) electrons. The molecule has 7 nitrogen and oxygen atoms in total. The lowest BCUT2D eigenvalue weighted by Crippen LogP contribution is -2.48. The Balaban J connectivity index is 1.50. The SMILES string of the molecule is CN(C)S(=O)(=O)NC1CCN(c2ncnc3c2C=C(c2ccc(Cl)cc2)C3)CC1. The Morgan fingerprint density at radius 3 is 2.48 bits per heavy atom. The summed E-state index contributed by atoms with van der Waals surface area (Å²) >= 11 is 6.01. The van der Waals surface area contributed by atoms with E-state index in [4.69, 9.17) is 11.6 Å². The van der Waals surface area contributed by atoms with Crippen LogP contribution in [0.3, 0.4) is 0 Å². The fourth-order valence-electron chi connectivity index (χ4n) is 3.74. The Bertz CT molecular complexity index is 1030. The molecule has 1 fully saturated rings. The molecule has 1 aromatic carbocycles. The van der Waals surface area contributed by atoms with E-state index in [1.165, 1.54) is 24.0 Å². The first-order valence-electron chi connectivity index (χ1n) is 9.58. The fraction of sp³-hybridized carbons (Fsp3) is 0.400. The van der Waals surface area contributed by atoms with Crippen LogP contribution in [0.15, 0.2) is 30.6 Å². The molecule has 0 spiro atoms. The Morgan fingerprint density at radius 2 is 1.83 bits per heavy atom. The highest BCUT2D eigenvalue weighted by Gasteiger charge is 2.28. The van der Waals surface area contributed by atoms with E-state index < -0.39 is 10.2 Å². The molecule has 2 aliphatic rings. The molecule has 0 amide bonds. The number of rotatable bonds is 5. The summed E-state index contributed by atoms with van der Waals surface area (Å²) in [7, 11) is -0.342. The van der Waals surface area contributed by atoms with Gasteiger partial charge in [0.2, 0.25) is 0 Å². The highest BCUT2D eigenvalue weighted by molar-refractivity contribution is 7.87. The Hall–Kier alpha value is -2.00. The van der Waals surface area contributed by atoms with E-state index in [-0.39, 0.29) is 6.04 Å². The normalized spacial score (nSPS) is 17.5. The summed E-state index contributed by atoms with van der Waals surface area (Å²) in [5.41, 5.74) is 4.42. The van der Waals surface area contributed by atoms with Gasteiger partial charge in [-0.15, -0.1) is 0 Å². The first-order chi connectivity index (χ1) is 13.8. The van der Waals surface area contributed by atoms with Crippen LogP contribution in [-0.2, 0) is 16.6 Å². The molecule has 9 heteroatoms. The lowest BCUT2D eigenvalue weighted by atomic mass is 10.1. The quantitative estimate of drug-likeness (QED) is 0.784. The Morgan fingerprint density at radius 1 is 1.14 bits per heavy atom. The number of nitrogens with one attached hydrogen (secondary N) is 1. The maximum atomic E-state index is 12.1. The molecule has 0 bridgehead atoms. The molecular weight excluding hydrogens is 410 g/mol. The largest absolute Gasteiger partial charge is 0.356 e. The minimum atomic E-state index is -3.41. The molecule has 1 N–H and O–H groups in total. The summed E-state index contributed by atoms with van der Waals surface area (Å²) in [6.45, 7) is 1.49. The van der Waals surface area contributed by atoms with Crippen molar-refractivity contribution in [1.82, 2.24) is 19.0 Å². The molecule has 1 aromatic heterocycles. The Kier molecular flexibility index (Phi) is 5.61. The number of halogens is 1. The lowest BCUT2D eigenvalue weighted by Gasteiger charge is -2.34. The molecule has 1 saturated heterocycles. The van der Waals surface area contributed by atoms with E-state index in [0.717, 1.165) is 60.0 Å². The van der Waals surface area contributed by atoms with Crippen LogP contribution in [-0.4, -0.2) is 55.9 Å². The molecule has 1 aliphatic carbocycles. The van der Waals surface area contributed by atoms with Crippen molar-refractivity contribution in [2.24, 2.45) is 0 Å². The average Bonchev–Trinajstić information content (AvgIpc) is 3.13. The van der Waals surface area contributed by atoms with Crippen molar-refractivity contribution < 1.29 is 8.42 Å². The van der Waals surface area contributed by atoms with Gasteiger partial charge in [-0.1, -0.05) is 23.7 Å². The van der Waals surface area contributed by atoms with E-state index in [9.17, 15) is 8.42 Å². The highest BCUT2D eigenvalue weighted by atomic mass is 35.5. The van der Waals surface area contributed by atoms with Gasteiger partial charge in [0.05, 0.1) is 5.69 Å². The lowest BCUT2D eigenvalue weighted by molar-refractivity contribution is 0.436. The van der Waals surface area contributed by atoms with Gasteiger partial charge in [0, 0.05) is 50.2 Å². The van der Waals surface area contributed by atoms with Crippen LogP contribution in [0.2, 0.25) is 5.02 Å². The average molecular weight is 434 g/mol. The van der Waals surface area contributed by atoms with Gasteiger partial charge in [-0.2, -0.15) is 17.4 Å². The first kappa shape index (κ1) is 20.3. The maximum Gasteiger partial charge on any atom is 0.279 e. The zero-order valence-corrected chi connectivity index (χ0v) is 18.0. The van der Waals surface area contributed by atoms with Crippen molar-refractivity contribution in [2.45, 2.75) is 25.3 Å². The molecule has 0 atom stereocenters. The van der Waals surface area contributed by atoms with E-state index in [0.29, 0.717) is 0 Å². The number of hydrogen-bond donors (Lipinski definition) is 1. The molecule has 0 saturated carbocycles. The van der Waals surface area contributed by atoms with Crippen LogP contribution in [0.4, 0.5) is 5.82 Å². The third-order valence-corrected chi connectivity index (χ3v) is 7.27. The summed E-state index contributed by atoms with van der Waals surface area (Å²) in [4.78, 5) is 11.2. The topological polar surface area (TPSA) is 78.4 Å². The van der Waals surface area contributed by atoms with Gasteiger partial charge in [-0.05, 0) is 42.2 Å². The molecule has 154 valence electrons. The predicted molar refractivity (Wildman–Crippen MR) is 116 cm³/mol. The fourth-order valence-corrected chi connectivity index (χ4v) is 4.74. The molecule has 2 aromatic rings. The summed E-state index contributed by atoms with van der Waals surface area (Å²) in [5.74, 6) is 0.924. The van der Waals surface area contributed by atoms with Crippen LogP contribution >= 0.6 is 11.6 Å². The van der Waals surface area contributed by atoms with Crippen LogP contribution in [0.1, 0.15) is 29.7 Å². The number of anilines is 1. The van der Waals surface area contributed by atoms with Crippen LogP contribution in [0, 0.1) is 0 Å². The summed E-state index contributed by atoms with van der Waals surface area (Å²) in [6.07, 6.45) is 6.02. The number of benzene rings is 1. The van der Waals surface area contributed by atoms with Gasteiger partial charge in [-0.25, -0.2) is 9.97 Å². The number of hydrogen-bond acceptors (Lipinski definition) is 5. The number of fused-ring (bicyclic) bond motifs is 1. The number of aromatic nitrogens is 2. The zero-order chi connectivity index (χ0) is 20.6. The van der Waals surface area contributed by atoms with Gasteiger partial charge < -0.3 is 4.90 Å². The van der Waals surface area contributed by atoms with Crippen molar-refractivity contribution >= 4 is 39.3 Å². The maximum absolute atomic E-state index is 12.1. The third-order valence-electron chi connectivity index (χ3n) is 5.43. The van der Waals surface area contributed by atoms with E-state index >= 15 is 0 Å². The van der Waals surface area contributed by atoms with Crippen LogP contribution in [0.25, 0.3) is 11.6 Å². The van der Waals surface area contributed by atoms with Gasteiger partial charge in [0.15, 0.2) is 0 Å². The number of allylic oxidation sites excluding steroid dienone is 1. The second kappa shape index (κ2) is 8.02. The third kappa shape index (κ3) is 4.30. The summed E-state index contributed by atoms with van der Waals surface area (Å²) < 4.78 is 28.1. The zero-order valence-electron chi connectivity index (χ0n) is 16.5. The van der Waals surface area contributed by atoms with Crippen molar-refractivity contribution in [1.29, 1.82) is 0 Å². The van der Waals surface area contributed by atoms with Crippen molar-refractivity contribution in [2.75, 3.05) is 32.1 Å². The molecular formula is C20H24ClN5O2S. The van der Waals surface area contributed by atoms with Gasteiger partial charge in [0.25, 0.3) is 10.2 Å². The standard InChI is InChI=1S/C20H24ClN5O2S/c1-25(2)29(27,28)24-17-7-9-26(10-8-17)20-18-11-15(12-19(18)22-13-23-20)14-3-5-16(21)6-4-14/h3-6,11,13,17,24H,7-10,12H2,1-2H3. The monoisotopic (exact) mass is 433 g/mol. The smallest absolute Gasteiger partial charge is 0.279 e. The Labute approximate surface area is 176 Å². The van der Waals surface area contributed by atoms with Crippen LogP contribution < -0.4 is 9.62 Å². The molecule has 29 heavy (non-hydrogen) atoms. The van der Waals surface area contributed by atoms with Crippen molar-refractivity contribution in [3.63, 3.8) is 0 Å². The van der Waals surface area contributed by atoms with Crippen molar-refractivity contribution in [3.8, 4) is 0 Å². The van der Waals surface area contributed by atoms with Gasteiger partial charge in [0.1, 0.15) is 12.1 Å². The number of piperidine rings is 1. The highest BCUT2D eigenvalue weighted by Crippen LogP contribution is 2.35. The summed E-state index contributed by atoms with van der Waals surface area (Å²) in [5, 5.41) is 0.720. The van der Waals surface area contributed by atoms with Gasteiger partial charge >= 0.3 is 0 Å². The summed E-state index contributed by atoms with van der Waals surface area (Å²) in [6, 6.07) is 7.78. The van der Waals surface area contributed by atoms with E-state index in [1.54, 1.807) is 6.33 Å². The predicted octanol–water partition coefficient (Wildman–Crippen LogP) is 2.59. The molecule has 0 unspecified atom stereocenters. The minimum absolute atomic E-state index is 0.0614. The number of nitrogens with zero attached hydrogens (tertiary/aromatic N) is 4. The van der Waals surface area contributed by atoms with E-state index in [2.05, 4.69) is 25.7 Å². The van der Waals surface area contributed by atoms with E-state index in [1.807, 2.05) is 24.3 Å². The molecule has 2 heterocycles. The van der Waals surface area contributed by atoms with Crippen molar-refractivity contribution in [3.05, 3.63) is 52.4 Å². The minimum Gasteiger partial charge on any atom is -0.356 e. The van der Waals surface area contributed by atoms with Gasteiger partial charge in [-0.3, -0.25) is 0 Å². The molecule has 4 rings (SSSR count). The first-order valence-corrected chi connectivity index (χ1v) is 11.4. The second-order valence-electron chi connectivity index (χ2n) is 7.58. The second-order valence-corrected chi connectivity index (χ2v) is 9.93. The molecule has 1 aliphatic heterocycles.